The number of ether oxygens (including phenoxy) is 1. The Morgan fingerprint density at radius 3 is 2.82 bits per heavy atom. The van der Waals surface area contributed by atoms with E-state index in [-0.39, 0.29) is 5.91 Å². The highest BCUT2D eigenvalue weighted by Crippen LogP contribution is 2.26. The van der Waals surface area contributed by atoms with Crippen LogP contribution in [0.15, 0.2) is 36.7 Å². The van der Waals surface area contributed by atoms with E-state index in [2.05, 4.69) is 20.6 Å². The topological polar surface area (TPSA) is 76.1 Å². The molecule has 22 heavy (non-hydrogen) atoms. The normalized spacial score (nSPS) is 10.1. The first-order valence-electron chi connectivity index (χ1n) is 7.33. The van der Waals surface area contributed by atoms with Gasteiger partial charge in [-0.05, 0) is 25.5 Å². The van der Waals surface area contributed by atoms with E-state index in [1.807, 2.05) is 38.1 Å². The number of para-hydroxylation sites is 2. The predicted molar refractivity (Wildman–Crippen MR) is 85.5 cm³/mol. The van der Waals surface area contributed by atoms with Crippen molar-refractivity contribution >= 4 is 17.4 Å². The van der Waals surface area contributed by atoms with E-state index >= 15 is 0 Å². The van der Waals surface area contributed by atoms with Gasteiger partial charge < -0.3 is 15.4 Å². The lowest BCUT2D eigenvalue weighted by atomic mass is 10.3. The van der Waals surface area contributed by atoms with Crippen molar-refractivity contribution in [2.75, 3.05) is 18.5 Å². The third-order valence-electron chi connectivity index (χ3n) is 2.88. The Hall–Kier alpha value is -2.63. The molecule has 0 unspecified atom stereocenters. The van der Waals surface area contributed by atoms with E-state index in [1.165, 1.54) is 6.33 Å². The summed E-state index contributed by atoms with van der Waals surface area (Å²) in [5.41, 5.74) is 1.13. The highest BCUT2D eigenvalue weighted by atomic mass is 16.5. The fourth-order valence-corrected chi connectivity index (χ4v) is 1.87. The van der Waals surface area contributed by atoms with Gasteiger partial charge in [-0.3, -0.25) is 4.79 Å². The van der Waals surface area contributed by atoms with Gasteiger partial charge in [-0.2, -0.15) is 0 Å². The number of nitrogens with zero attached hydrogens (tertiary/aromatic N) is 2. The predicted octanol–water partition coefficient (Wildman–Crippen LogP) is 2.76. The van der Waals surface area contributed by atoms with Crippen LogP contribution in [0.25, 0.3) is 0 Å². The van der Waals surface area contributed by atoms with Crippen LogP contribution in [0.2, 0.25) is 0 Å². The average Bonchev–Trinajstić information content (AvgIpc) is 2.55. The lowest BCUT2D eigenvalue weighted by Gasteiger charge is -2.12. The summed E-state index contributed by atoms with van der Waals surface area (Å²) in [7, 11) is 0. The van der Waals surface area contributed by atoms with Crippen LogP contribution in [-0.4, -0.2) is 29.0 Å². The van der Waals surface area contributed by atoms with Gasteiger partial charge in [0.25, 0.3) is 5.91 Å². The van der Waals surface area contributed by atoms with Crippen LogP contribution < -0.4 is 15.4 Å². The molecule has 0 saturated carbocycles. The summed E-state index contributed by atoms with van der Waals surface area (Å²) in [4.78, 5) is 20.1. The molecule has 116 valence electrons. The zero-order valence-electron chi connectivity index (χ0n) is 12.8. The molecule has 2 aromatic rings. The molecule has 1 aromatic carbocycles. The van der Waals surface area contributed by atoms with Gasteiger partial charge in [0.15, 0.2) is 0 Å². The van der Waals surface area contributed by atoms with Gasteiger partial charge in [0.05, 0.1) is 12.3 Å². The van der Waals surface area contributed by atoms with Crippen molar-refractivity contribution in [2.45, 2.75) is 20.3 Å². The minimum absolute atomic E-state index is 0.203. The zero-order chi connectivity index (χ0) is 15.8. The quantitative estimate of drug-likeness (QED) is 0.822. The molecule has 1 aromatic heterocycles. The molecule has 0 aliphatic carbocycles. The van der Waals surface area contributed by atoms with E-state index in [4.69, 9.17) is 4.74 Å². The molecule has 0 radical (unpaired) electrons. The summed E-state index contributed by atoms with van der Waals surface area (Å²) in [6.07, 6.45) is 2.25. The second kappa shape index (κ2) is 7.97. The van der Waals surface area contributed by atoms with Crippen LogP contribution in [0.4, 0.5) is 11.5 Å². The summed E-state index contributed by atoms with van der Waals surface area (Å²) in [6.45, 7) is 5.13. The fourth-order valence-electron chi connectivity index (χ4n) is 1.87. The van der Waals surface area contributed by atoms with Crippen LogP contribution in [0.1, 0.15) is 30.8 Å². The zero-order valence-corrected chi connectivity index (χ0v) is 12.8. The molecule has 0 aliphatic heterocycles. The molecule has 1 heterocycles. The van der Waals surface area contributed by atoms with Crippen molar-refractivity contribution in [1.82, 2.24) is 15.3 Å². The van der Waals surface area contributed by atoms with Crippen molar-refractivity contribution in [1.29, 1.82) is 0 Å². The van der Waals surface area contributed by atoms with Gasteiger partial charge in [-0.25, -0.2) is 9.97 Å². The standard InChI is InChI=1S/C16H20N4O2/c1-3-9-17-16(21)13-10-15(19-11-18-13)20-12-7-5-6-8-14(12)22-4-2/h5-8,10-11H,3-4,9H2,1-2H3,(H,17,21)(H,18,19,20). The first kappa shape index (κ1) is 15.8. The van der Waals surface area contributed by atoms with Crippen LogP contribution in [0.5, 0.6) is 5.75 Å². The van der Waals surface area contributed by atoms with Gasteiger partial charge in [-0.15, -0.1) is 0 Å². The largest absolute Gasteiger partial charge is 0.492 e. The Bertz CT molecular complexity index is 631. The fraction of sp³-hybridized carbons (Fsp3) is 0.312. The minimum atomic E-state index is -0.203. The maximum Gasteiger partial charge on any atom is 0.270 e. The van der Waals surface area contributed by atoms with Gasteiger partial charge in [0.2, 0.25) is 0 Å². The molecule has 1 amide bonds. The maximum atomic E-state index is 11.9. The molecule has 2 rings (SSSR count). The van der Waals surface area contributed by atoms with E-state index in [1.54, 1.807) is 6.07 Å². The molecular weight excluding hydrogens is 280 g/mol. The number of carbonyl (C=O) groups is 1. The van der Waals surface area contributed by atoms with Crippen LogP contribution in [-0.2, 0) is 0 Å². The van der Waals surface area contributed by atoms with Crippen molar-refractivity contribution in [3.05, 3.63) is 42.4 Å². The summed E-state index contributed by atoms with van der Waals surface area (Å²) < 4.78 is 5.55. The summed E-state index contributed by atoms with van der Waals surface area (Å²) in [5, 5.41) is 5.94. The van der Waals surface area contributed by atoms with Gasteiger partial charge in [0, 0.05) is 12.6 Å². The Morgan fingerprint density at radius 1 is 1.23 bits per heavy atom. The lowest BCUT2D eigenvalue weighted by molar-refractivity contribution is 0.0948. The number of aromatic nitrogens is 2. The molecule has 6 nitrogen and oxygen atoms in total. The Labute approximate surface area is 129 Å². The van der Waals surface area contributed by atoms with Crippen molar-refractivity contribution < 1.29 is 9.53 Å². The minimum Gasteiger partial charge on any atom is -0.492 e. The number of benzene rings is 1. The van der Waals surface area contributed by atoms with Crippen molar-refractivity contribution in [2.24, 2.45) is 0 Å². The smallest absolute Gasteiger partial charge is 0.270 e. The van der Waals surface area contributed by atoms with E-state index < -0.39 is 0 Å². The number of nitrogens with one attached hydrogen (secondary N) is 2. The number of carbonyl (C=O) groups excluding carboxylic acids is 1. The molecule has 0 saturated heterocycles. The molecule has 2 N–H and O–H groups in total. The first-order chi connectivity index (χ1) is 10.7. The van der Waals surface area contributed by atoms with E-state index in [0.717, 1.165) is 17.9 Å². The third-order valence-corrected chi connectivity index (χ3v) is 2.88. The van der Waals surface area contributed by atoms with Crippen molar-refractivity contribution in [3.8, 4) is 5.75 Å². The van der Waals surface area contributed by atoms with Crippen LogP contribution in [0, 0.1) is 0 Å². The highest BCUT2D eigenvalue weighted by molar-refractivity contribution is 5.93. The molecule has 0 fully saturated rings. The van der Waals surface area contributed by atoms with Crippen LogP contribution in [0.3, 0.4) is 0 Å². The first-order valence-corrected chi connectivity index (χ1v) is 7.33. The van der Waals surface area contributed by atoms with Gasteiger partial charge >= 0.3 is 0 Å². The Morgan fingerprint density at radius 2 is 2.05 bits per heavy atom. The van der Waals surface area contributed by atoms with Gasteiger partial charge in [-0.1, -0.05) is 19.1 Å². The molecular formula is C16H20N4O2. The average molecular weight is 300 g/mol. The molecule has 0 spiro atoms. The van der Waals surface area contributed by atoms with Crippen molar-refractivity contribution in [3.63, 3.8) is 0 Å². The second-order valence-corrected chi connectivity index (χ2v) is 4.60. The summed E-state index contributed by atoms with van der Waals surface area (Å²) in [5.74, 6) is 1.08. The SMILES string of the molecule is CCCNC(=O)c1cc(Nc2ccccc2OCC)ncn1. The molecule has 0 atom stereocenters. The monoisotopic (exact) mass is 300 g/mol. The Kier molecular flexibility index (Phi) is 5.71. The molecule has 6 heteroatoms. The maximum absolute atomic E-state index is 11.9. The van der Waals surface area contributed by atoms with Gasteiger partial charge in [0.1, 0.15) is 23.6 Å². The molecule has 0 aliphatic rings. The van der Waals surface area contributed by atoms with E-state index in [9.17, 15) is 4.79 Å². The third kappa shape index (κ3) is 4.18. The number of rotatable bonds is 7. The number of anilines is 2. The van der Waals surface area contributed by atoms with Crippen LogP contribution >= 0.6 is 0 Å². The number of hydrogen-bond acceptors (Lipinski definition) is 5. The molecule has 0 bridgehead atoms. The summed E-state index contributed by atoms with van der Waals surface area (Å²) in [6, 6.07) is 9.19. The number of hydrogen-bond donors (Lipinski definition) is 2. The van der Waals surface area contributed by atoms with E-state index in [0.29, 0.717) is 24.7 Å². The second-order valence-electron chi connectivity index (χ2n) is 4.60. The highest BCUT2D eigenvalue weighted by Gasteiger charge is 2.09. The lowest BCUT2D eigenvalue weighted by Crippen LogP contribution is -2.25. The summed E-state index contributed by atoms with van der Waals surface area (Å²) >= 11 is 0. The number of amides is 1. The Balaban J connectivity index is 2.15.